The van der Waals surface area contributed by atoms with Gasteiger partial charge in [0.15, 0.2) is 0 Å². The van der Waals surface area contributed by atoms with Gasteiger partial charge in [0, 0.05) is 43.1 Å². The molecule has 0 radical (unpaired) electrons. The lowest BCUT2D eigenvalue weighted by Gasteiger charge is -2.72. The minimum Gasteiger partial charge on any atom is -0.316 e. The molecule has 8 unspecified atom stereocenters. The quantitative estimate of drug-likeness (QED) is 0.583. The van der Waals surface area contributed by atoms with E-state index < -0.39 is 0 Å². The van der Waals surface area contributed by atoms with Crippen molar-refractivity contribution in [1.82, 2.24) is 15.5 Å². The van der Waals surface area contributed by atoms with E-state index in [0.717, 1.165) is 56.1 Å². The predicted molar refractivity (Wildman–Crippen MR) is 137 cm³/mol. The lowest BCUT2D eigenvalue weighted by Crippen LogP contribution is -2.75. The zero-order valence-electron chi connectivity index (χ0n) is 21.5. The van der Waals surface area contributed by atoms with Gasteiger partial charge in [0.05, 0.1) is 0 Å². The summed E-state index contributed by atoms with van der Waals surface area (Å²) in [6, 6.07) is 2.49. The lowest BCUT2D eigenvalue weighted by molar-refractivity contribution is -0.236. The Kier molecular flexibility index (Phi) is 6.11. The summed E-state index contributed by atoms with van der Waals surface area (Å²) in [6.07, 6.45) is 21.4. The molecular formula is C30H49N3O. The summed E-state index contributed by atoms with van der Waals surface area (Å²) in [5.74, 6) is 4.26. The molecule has 8 atom stereocenters. The lowest BCUT2D eigenvalue weighted by atomic mass is 9.37. The zero-order valence-corrected chi connectivity index (χ0v) is 21.5. The summed E-state index contributed by atoms with van der Waals surface area (Å²) >= 11 is 0. The van der Waals surface area contributed by atoms with Crippen molar-refractivity contribution in [2.24, 2.45) is 40.9 Å². The minimum absolute atomic E-state index is 0.293. The highest BCUT2D eigenvalue weighted by molar-refractivity contribution is 5.86. The molecule has 0 amide bonds. The van der Waals surface area contributed by atoms with Crippen LogP contribution in [0.2, 0.25) is 0 Å². The standard InChI is InChI=1S/C30H49N3O/c34-29-21-18-31-16-14-23(21)30(24-15-17-32-19-22(24)29)25-10-4-6-12-27(25)33(20-8-2-1-3-9-20)28-13-7-5-11-26(28)30/h20-28,31-32H,1-19H2. The molecule has 190 valence electrons. The molecule has 0 bridgehead atoms. The fourth-order valence-corrected chi connectivity index (χ4v) is 11.7. The number of nitrogens with zero attached hydrogens (tertiary/aromatic N) is 1. The van der Waals surface area contributed by atoms with Crippen molar-refractivity contribution in [3.63, 3.8) is 0 Å². The van der Waals surface area contributed by atoms with E-state index in [1.807, 2.05) is 0 Å². The molecular weight excluding hydrogens is 418 g/mol. The molecule has 34 heavy (non-hydrogen) atoms. The van der Waals surface area contributed by atoms with Crippen LogP contribution in [0.5, 0.6) is 0 Å². The molecule has 1 spiro atoms. The Bertz CT molecular complexity index is 710. The van der Waals surface area contributed by atoms with Crippen molar-refractivity contribution in [2.45, 2.75) is 114 Å². The topological polar surface area (TPSA) is 44.4 Å². The zero-order chi connectivity index (χ0) is 22.7. The van der Waals surface area contributed by atoms with Crippen molar-refractivity contribution in [3.05, 3.63) is 0 Å². The van der Waals surface area contributed by atoms with Crippen molar-refractivity contribution < 1.29 is 4.79 Å². The van der Waals surface area contributed by atoms with Crippen LogP contribution in [-0.2, 0) is 4.79 Å². The highest BCUT2D eigenvalue weighted by atomic mass is 16.1. The van der Waals surface area contributed by atoms with Gasteiger partial charge in [0.2, 0.25) is 0 Å². The summed E-state index contributed by atoms with van der Waals surface area (Å²) in [4.78, 5) is 17.2. The average Bonchev–Trinajstić information content (AvgIpc) is 2.91. The number of hydrogen-bond donors (Lipinski definition) is 2. The molecule has 7 aliphatic rings. The molecule has 7 fully saturated rings. The molecule has 3 aliphatic heterocycles. The third-order valence-corrected chi connectivity index (χ3v) is 12.5. The molecule has 4 heteroatoms. The van der Waals surface area contributed by atoms with Crippen LogP contribution in [0.3, 0.4) is 0 Å². The Labute approximate surface area is 207 Å². The van der Waals surface area contributed by atoms with Gasteiger partial charge in [-0.25, -0.2) is 0 Å². The van der Waals surface area contributed by atoms with Crippen LogP contribution in [0.15, 0.2) is 0 Å². The molecule has 4 aliphatic carbocycles. The highest BCUT2D eigenvalue weighted by Crippen LogP contribution is 2.69. The van der Waals surface area contributed by atoms with E-state index in [-0.39, 0.29) is 0 Å². The number of piperidine rings is 3. The molecule has 3 saturated heterocycles. The van der Waals surface area contributed by atoms with Gasteiger partial charge in [-0.15, -0.1) is 0 Å². The Hall–Kier alpha value is -0.450. The predicted octanol–water partition coefficient (Wildman–Crippen LogP) is 4.77. The first-order chi connectivity index (χ1) is 16.8. The normalized spacial score (nSPS) is 50.2. The number of carbonyl (C=O) groups excluding carboxylic acids is 1. The van der Waals surface area contributed by atoms with Gasteiger partial charge in [-0.2, -0.15) is 0 Å². The average molecular weight is 468 g/mol. The van der Waals surface area contributed by atoms with Crippen molar-refractivity contribution in [3.8, 4) is 0 Å². The first-order valence-corrected chi connectivity index (χ1v) is 15.5. The fourth-order valence-electron chi connectivity index (χ4n) is 11.7. The Morgan fingerprint density at radius 3 is 1.65 bits per heavy atom. The second-order valence-corrected chi connectivity index (χ2v) is 13.5. The second kappa shape index (κ2) is 9.14. The van der Waals surface area contributed by atoms with Crippen LogP contribution in [0.1, 0.15) is 96.3 Å². The summed E-state index contributed by atoms with van der Waals surface area (Å²) < 4.78 is 0. The number of fused-ring (bicyclic) bond motifs is 8. The fraction of sp³-hybridized carbons (Fsp3) is 0.967. The van der Waals surface area contributed by atoms with Gasteiger partial charge in [0.25, 0.3) is 0 Å². The first-order valence-electron chi connectivity index (χ1n) is 15.5. The molecule has 0 aromatic heterocycles. The maximum absolute atomic E-state index is 14.0. The number of rotatable bonds is 1. The van der Waals surface area contributed by atoms with Crippen molar-refractivity contribution in [1.29, 1.82) is 0 Å². The van der Waals surface area contributed by atoms with Gasteiger partial charge >= 0.3 is 0 Å². The number of hydrogen-bond acceptors (Lipinski definition) is 4. The molecule has 2 N–H and O–H groups in total. The van der Waals surface area contributed by atoms with Gasteiger partial charge < -0.3 is 10.6 Å². The monoisotopic (exact) mass is 467 g/mol. The van der Waals surface area contributed by atoms with Crippen LogP contribution < -0.4 is 10.6 Å². The van der Waals surface area contributed by atoms with E-state index in [9.17, 15) is 4.79 Å². The van der Waals surface area contributed by atoms with Crippen molar-refractivity contribution >= 4 is 5.78 Å². The van der Waals surface area contributed by atoms with Crippen LogP contribution >= 0.6 is 0 Å². The summed E-state index contributed by atoms with van der Waals surface area (Å²) in [7, 11) is 0. The van der Waals surface area contributed by atoms with E-state index in [0.29, 0.717) is 34.9 Å². The molecule has 4 saturated carbocycles. The number of ketones is 1. The van der Waals surface area contributed by atoms with Crippen LogP contribution in [-0.4, -0.2) is 55.0 Å². The SMILES string of the molecule is O=C1C2CNCCC2C2(C3CCNCC13)C1CCCCC1N(C1CCCCC1)C1CCCCC12. The van der Waals surface area contributed by atoms with Crippen LogP contribution in [0, 0.1) is 40.9 Å². The molecule has 7 rings (SSSR count). The minimum atomic E-state index is 0.293. The Morgan fingerprint density at radius 2 is 1.09 bits per heavy atom. The molecule has 0 aromatic carbocycles. The van der Waals surface area contributed by atoms with Crippen molar-refractivity contribution in [2.75, 3.05) is 26.2 Å². The second-order valence-electron chi connectivity index (χ2n) is 13.5. The van der Waals surface area contributed by atoms with Crippen LogP contribution in [0.4, 0.5) is 0 Å². The van der Waals surface area contributed by atoms with E-state index in [1.165, 1.54) is 96.3 Å². The molecule has 3 heterocycles. The highest BCUT2D eigenvalue weighted by Gasteiger charge is 2.69. The Morgan fingerprint density at radius 1 is 0.588 bits per heavy atom. The summed E-state index contributed by atoms with van der Waals surface area (Å²) in [5, 5.41) is 7.37. The van der Waals surface area contributed by atoms with Gasteiger partial charge in [-0.1, -0.05) is 44.9 Å². The van der Waals surface area contributed by atoms with E-state index in [1.54, 1.807) is 0 Å². The van der Waals surface area contributed by atoms with Crippen LogP contribution in [0.25, 0.3) is 0 Å². The summed E-state index contributed by atoms with van der Waals surface area (Å²) in [6.45, 7) is 4.23. The maximum atomic E-state index is 14.0. The number of likely N-dealkylation sites (tertiary alicyclic amines) is 1. The van der Waals surface area contributed by atoms with E-state index in [2.05, 4.69) is 15.5 Å². The molecule has 4 nitrogen and oxygen atoms in total. The largest absolute Gasteiger partial charge is 0.316 e. The van der Waals surface area contributed by atoms with Gasteiger partial charge in [0.1, 0.15) is 5.78 Å². The summed E-state index contributed by atoms with van der Waals surface area (Å²) in [5.41, 5.74) is 0.439. The van der Waals surface area contributed by atoms with E-state index >= 15 is 0 Å². The van der Waals surface area contributed by atoms with Gasteiger partial charge in [-0.3, -0.25) is 9.69 Å². The number of Topliss-reactive ketones (excluding diaryl/α,β-unsaturated/α-hetero) is 1. The van der Waals surface area contributed by atoms with Gasteiger partial charge in [-0.05, 0) is 93.5 Å². The number of carbonyl (C=O) groups is 1. The third kappa shape index (κ3) is 3.23. The smallest absolute Gasteiger partial charge is 0.142 e. The third-order valence-electron chi connectivity index (χ3n) is 12.5. The van der Waals surface area contributed by atoms with E-state index in [4.69, 9.17) is 0 Å². The number of nitrogens with one attached hydrogen (secondary N) is 2. The maximum Gasteiger partial charge on any atom is 0.142 e. The first kappa shape index (κ1) is 22.7. The molecule has 0 aromatic rings. The Balaban J connectivity index is 1.38.